The maximum absolute atomic E-state index is 12.4. The SMILES string of the molecule is CC(N)c1ccccc1NC(=O)c1cccc(N(C)C)c1. The molecule has 0 saturated heterocycles. The smallest absolute Gasteiger partial charge is 0.255 e. The standard InChI is InChI=1S/C17H21N3O/c1-12(18)15-9-4-5-10-16(15)19-17(21)13-7-6-8-14(11-13)20(2)3/h4-12H,18H2,1-3H3,(H,19,21). The molecule has 4 heteroatoms. The molecule has 2 aromatic carbocycles. The van der Waals surface area contributed by atoms with Gasteiger partial charge in [-0.2, -0.15) is 0 Å². The second-order valence-electron chi connectivity index (χ2n) is 5.27. The summed E-state index contributed by atoms with van der Waals surface area (Å²) in [5.41, 5.74) is 9.23. The van der Waals surface area contributed by atoms with Crippen LogP contribution in [0.2, 0.25) is 0 Å². The second-order valence-corrected chi connectivity index (χ2v) is 5.27. The third-order valence-electron chi connectivity index (χ3n) is 3.32. The first-order valence-corrected chi connectivity index (χ1v) is 6.92. The van der Waals surface area contributed by atoms with Gasteiger partial charge in [0.1, 0.15) is 0 Å². The van der Waals surface area contributed by atoms with E-state index in [1.807, 2.05) is 68.4 Å². The summed E-state index contributed by atoms with van der Waals surface area (Å²) in [7, 11) is 3.89. The molecule has 0 bridgehead atoms. The third-order valence-corrected chi connectivity index (χ3v) is 3.32. The van der Waals surface area contributed by atoms with Crippen molar-refractivity contribution in [3.05, 3.63) is 59.7 Å². The zero-order chi connectivity index (χ0) is 15.4. The summed E-state index contributed by atoms with van der Waals surface area (Å²) in [5.74, 6) is -0.133. The van der Waals surface area contributed by atoms with Crippen molar-refractivity contribution in [1.82, 2.24) is 0 Å². The summed E-state index contributed by atoms with van der Waals surface area (Å²) >= 11 is 0. The van der Waals surface area contributed by atoms with Gasteiger partial charge < -0.3 is 16.0 Å². The fraction of sp³-hybridized carbons (Fsp3) is 0.235. The Bertz CT molecular complexity index is 635. The van der Waals surface area contributed by atoms with Gasteiger partial charge in [0.25, 0.3) is 5.91 Å². The minimum absolute atomic E-state index is 0.130. The Hall–Kier alpha value is -2.33. The number of hydrogen-bond acceptors (Lipinski definition) is 3. The summed E-state index contributed by atoms with van der Waals surface area (Å²) in [4.78, 5) is 14.4. The Morgan fingerprint density at radius 1 is 1.14 bits per heavy atom. The van der Waals surface area contributed by atoms with Crippen molar-refractivity contribution in [1.29, 1.82) is 0 Å². The topological polar surface area (TPSA) is 58.4 Å². The van der Waals surface area contributed by atoms with Crippen LogP contribution in [0.3, 0.4) is 0 Å². The van der Waals surface area contributed by atoms with Crippen molar-refractivity contribution in [3.63, 3.8) is 0 Å². The first kappa shape index (κ1) is 15.1. The van der Waals surface area contributed by atoms with Crippen LogP contribution in [0, 0.1) is 0 Å². The van der Waals surface area contributed by atoms with Gasteiger partial charge in [-0.05, 0) is 36.8 Å². The Labute approximate surface area is 125 Å². The van der Waals surface area contributed by atoms with E-state index in [2.05, 4.69) is 5.32 Å². The highest BCUT2D eigenvalue weighted by molar-refractivity contribution is 6.05. The van der Waals surface area contributed by atoms with E-state index >= 15 is 0 Å². The molecular formula is C17H21N3O. The van der Waals surface area contributed by atoms with Crippen molar-refractivity contribution in [2.24, 2.45) is 5.73 Å². The van der Waals surface area contributed by atoms with E-state index in [0.29, 0.717) is 5.56 Å². The Morgan fingerprint density at radius 3 is 2.52 bits per heavy atom. The minimum atomic E-state index is -0.133. The van der Waals surface area contributed by atoms with Gasteiger partial charge in [-0.25, -0.2) is 0 Å². The van der Waals surface area contributed by atoms with Crippen LogP contribution in [-0.2, 0) is 0 Å². The first-order valence-electron chi connectivity index (χ1n) is 6.92. The molecule has 110 valence electrons. The lowest BCUT2D eigenvalue weighted by atomic mass is 10.1. The van der Waals surface area contributed by atoms with Crippen LogP contribution in [0.25, 0.3) is 0 Å². The molecule has 0 radical (unpaired) electrons. The van der Waals surface area contributed by atoms with E-state index in [9.17, 15) is 4.79 Å². The molecule has 1 unspecified atom stereocenters. The fourth-order valence-electron chi connectivity index (χ4n) is 2.13. The number of hydrogen-bond donors (Lipinski definition) is 2. The van der Waals surface area contributed by atoms with E-state index in [1.54, 1.807) is 6.07 Å². The lowest BCUT2D eigenvalue weighted by Gasteiger charge is -2.15. The molecule has 2 aromatic rings. The largest absolute Gasteiger partial charge is 0.378 e. The number of anilines is 2. The van der Waals surface area contributed by atoms with Crippen LogP contribution >= 0.6 is 0 Å². The monoisotopic (exact) mass is 283 g/mol. The second kappa shape index (κ2) is 6.41. The van der Waals surface area contributed by atoms with Gasteiger partial charge in [0.15, 0.2) is 0 Å². The molecule has 3 N–H and O–H groups in total. The Morgan fingerprint density at radius 2 is 1.86 bits per heavy atom. The lowest BCUT2D eigenvalue weighted by Crippen LogP contribution is -2.16. The van der Waals surface area contributed by atoms with Crippen LogP contribution in [0.5, 0.6) is 0 Å². The van der Waals surface area contributed by atoms with Crippen LogP contribution < -0.4 is 16.0 Å². The predicted molar refractivity (Wildman–Crippen MR) is 87.8 cm³/mol. The van der Waals surface area contributed by atoms with E-state index in [1.165, 1.54) is 0 Å². The molecule has 1 atom stereocenters. The molecule has 21 heavy (non-hydrogen) atoms. The summed E-state index contributed by atoms with van der Waals surface area (Å²) in [5, 5.41) is 2.94. The van der Waals surface area contributed by atoms with Gasteiger partial charge in [-0.15, -0.1) is 0 Å². The highest BCUT2D eigenvalue weighted by Crippen LogP contribution is 2.22. The van der Waals surface area contributed by atoms with Gasteiger partial charge in [0.05, 0.1) is 0 Å². The van der Waals surface area contributed by atoms with Gasteiger partial charge in [0, 0.05) is 37.1 Å². The molecule has 4 nitrogen and oxygen atoms in total. The zero-order valence-electron chi connectivity index (χ0n) is 12.6. The summed E-state index contributed by atoms with van der Waals surface area (Å²) in [6, 6.07) is 15.0. The van der Waals surface area contributed by atoms with Crippen LogP contribution in [0.1, 0.15) is 28.9 Å². The number of rotatable bonds is 4. The normalized spacial score (nSPS) is 11.8. The van der Waals surface area contributed by atoms with Crippen molar-refractivity contribution < 1.29 is 4.79 Å². The zero-order valence-corrected chi connectivity index (χ0v) is 12.6. The predicted octanol–water partition coefficient (Wildman–Crippen LogP) is 3.02. The van der Waals surface area contributed by atoms with Gasteiger partial charge in [-0.3, -0.25) is 4.79 Å². The average Bonchev–Trinajstić information content (AvgIpc) is 2.47. The van der Waals surface area contributed by atoms with Crippen molar-refractivity contribution in [2.75, 3.05) is 24.3 Å². The van der Waals surface area contributed by atoms with E-state index < -0.39 is 0 Å². The van der Waals surface area contributed by atoms with E-state index in [0.717, 1.165) is 16.9 Å². The molecule has 2 rings (SSSR count). The molecule has 0 fully saturated rings. The van der Waals surface area contributed by atoms with Crippen molar-refractivity contribution in [2.45, 2.75) is 13.0 Å². The maximum Gasteiger partial charge on any atom is 0.255 e. The van der Waals surface area contributed by atoms with Crippen molar-refractivity contribution >= 4 is 17.3 Å². The quantitative estimate of drug-likeness (QED) is 0.906. The number of para-hydroxylation sites is 1. The first-order chi connectivity index (χ1) is 9.99. The van der Waals surface area contributed by atoms with Gasteiger partial charge >= 0.3 is 0 Å². The molecule has 0 aliphatic heterocycles. The number of nitrogens with zero attached hydrogens (tertiary/aromatic N) is 1. The van der Waals surface area contributed by atoms with Gasteiger partial charge in [0.2, 0.25) is 0 Å². The lowest BCUT2D eigenvalue weighted by molar-refractivity contribution is 0.102. The molecule has 1 amide bonds. The molecule has 0 aromatic heterocycles. The average molecular weight is 283 g/mol. The highest BCUT2D eigenvalue weighted by Gasteiger charge is 2.11. The Kier molecular flexibility index (Phi) is 4.60. The number of nitrogens with one attached hydrogen (secondary N) is 1. The fourth-order valence-corrected chi connectivity index (χ4v) is 2.13. The van der Waals surface area contributed by atoms with Crippen LogP contribution in [0.4, 0.5) is 11.4 Å². The summed E-state index contributed by atoms with van der Waals surface area (Å²) in [6.07, 6.45) is 0. The van der Waals surface area contributed by atoms with Crippen LogP contribution in [0.15, 0.2) is 48.5 Å². The third kappa shape index (κ3) is 3.61. The molecule has 0 aliphatic carbocycles. The maximum atomic E-state index is 12.4. The number of amides is 1. The number of nitrogens with two attached hydrogens (primary N) is 1. The Balaban J connectivity index is 2.24. The number of carbonyl (C=O) groups is 1. The highest BCUT2D eigenvalue weighted by atomic mass is 16.1. The van der Waals surface area contributed by atoms with Crippen LogP contribution in [-0.4, -0.2) is 20.0 Å². The molecular weight excluding hydrogens is 262 g/mol. The summed E-state index contributed by atoms with van der Waals surface area (Å²) in [6.45, 7) is 1.90. The number of benzene rings is 2. The molecule has 0 aliphatic rings. The van der Waals surface area contributed by atoms with E-state index in [-0.39, 0.29) is 11.9 Å². The van der Waals surface area contributed by atoms with E-state index in [4.69, 9.17) is 5.73 Å². The summed E-state index contributed by atoms with van der Waals surface area (Å²) < 4.78 is 0. The molecule has 0 spiro atoms. The van der Waals surface area contributed by atoms with Gasteiger partial charge in [-0.1, -0.05) is 24.3 Å². The minimum Gasteiger partial charge on any atom is -0.378 e. The number of carbonyl (C=O) groups excluding carboxylic acids is 1. The molecule has 0 heterocycles. The molecule has 0 saturated carbocycles. The van der Waals surface area contributed by atoms with Crippen molar-refractivity contribution in [3.8, 4) is 0 Å².